The monoisotopic (exact) mass is 143 g/mol. The van der Waals surface area contributed by atoms with Crippen molar-refractivity contribution >= 4 is 10.8 Å². The van der Waals surface area contributed by atoms with E-state index >= 15 is 0 Å². The molecular formula is C10H9N. The molecule has 0 aliphatic heterocycles. The lowest BCUT2D eigenvalue weighted by molar-refractivity contribution is 1.63. The van der Waals surface area contributed by atoms with Crippen LogP contribution in [0, 0.1) is 0 Å². The Morgan fingerprint density at radius 1 is 0.909 bits per heavy atom. The van der Waals surface area contributed by atoms with Gasteiger partial charge in [-0.25, -0.2) is 0 Å². The van der Waals surface area contributed by atoms with Gasteiger partial charge in [-0.2, -0.15) is 0 Å². The summed E-state index contributed by atoms with van der Waals surface area (Å²) in [6, 6.07) is 13.0. The zero-order valence-electron chi connectivity index (χ0n) is 6.17. The minimum Gasteiger partial charge on any atom is -0.344 e. The maximum atomic E-state index is 2.24. The first-order valence-electron chi connectivity index (χ1n) is 3.48. The Labute approximate surface area is 65.2 Å². The fourth-order valence-electron chi connectivity index (χ4n) is 1.61. The summed E-state index contributed by atoms with van der Waals surface area (Å²) < 4.78 is 0. The van der Waals surface area contributed by atoms with E-state index in [1.807, 2.05) is 0 Å². The van der Waals surface area contributed by atoms with Gasteiger partial charge in [0, 0.05) is 0 Å². The molecule has 0 aromatic heterocycles. The summed E-state index contributed by atoms with van der Waals surface area (Å²) in [5.41, 5.74) is 2.82. The summed E-state index contributed by atoms with van der Waals surface area (Å²) in [6.45, 7) is 0. The number of rotatable bonds is 0. The van der Waals surface area contributed by atoms with E-state index in [1.54, 1.807) is 0 Å². The fourth-order valence-corrected chi connectivity index (χ4v) is 1.61. The summed E-state index contributed by atoms with van der Waals surface area (Å²) in [5, 5.41) is 2.80. The molecule has 54 valence electrons. The van der Waals surface area contributed by atoms with Crippen LogP contribution in [0.4, 0.5) is 0 Å². The lowest BCUT2D eigenvalue weighted by atomic mass is 9.88. The molecule has 0 atom stereocenters. The van der Waals surface area contributed by atoms with Gasteiger partial charge < -0.3 is 6.15 Å². The molecule has 1 nitrogen and oxygen atoms in total. The summed E-state index contributed by atoms with van der Waals surface area (Å²) >= 11 is 0. The molecule has 0 spiro atoms. The summed E-state index contributed by atoms with van der Waals surface area (Å²) in [6.07, 6.45) is 0. The molecule has 1 aliphatic carbocycles. The fraction of sp³-hybridized carbons (Fsp3) is 0. The summed E-state index contributed by atoms with van der Waals surface area (Å²) in [7, 11) is 0. The summed E-state index contributed by atoms with van der Waals surface area (Å²) in [5.74, 6) is 0. The third-order valence-corrected chi connectivity index (χ3v) is 2.19. The van der Waals surface area contributed by atoms with Gasteiger partial charge in [0.25, 0.3) is 0 Å². The van der Waals surface area contributed by atoms with Crippen molar-refractivity contribution in [2.75, 3.05) is 0 Å². The van der Waals surface area contributed by atoms with Crippen LogP contribution in [0.1, 0.15) is 0 Å². The van der Waals surface area contributed by atoms with Crippen molar-refractivity contribution in [2.45, 2.75) is 0 Å². The van der Waals surface area contributed by atoms with Crippen LogP contribution in [0.5, 0.6) is 0 Å². The van der Waals surface area contributed by atoms with Crippen LogP contribution in [-0.2, 0) is 0 Å². The van der Waals surface area contributed by atoms with Crippen LogP contribution in [0.25, 0.3) is 21.9 Å². The highest BCUT2D eigenvalue weighted by molar-refractivity contribution is 6.06. The Balaban J connectivity index is 0.000000480. The minimum atomic E-state index is 0. The molecular weight excluding hydrogens is 134 g/mol. The smallest absolute Gasteiger partial charge is 0.00992 e. The largest absolute Gasteiger partial charge is 0.344 e. The molecule has 0 saturated heterocycles. The SMILES string of the molecule is N.c1cc2c3cc-2ccc3c1. The van der Waals surface area contributed by atoms with Crippen molar-refractivity contribution in [1.82, 2.24) is 6.15 Å². The molecule has 0 unspecified atom stereocenters. The van der Waals surface area contributed by atoms with Crippen LogP contribution in [0.3, 0.4) is 0 Å². The van der Waals surface area contributed by atoms with Crippen LogP contribution in [0.2, 0.25) is 0 Å². The second-order valence-corrected chi connectivity index (χ2v) is 2.74. The lowest BCUT2D eigenvalue weighted by Gasteiger charge is -2.16. The molecule has 0 radical (unpaired) electrons. The van der Waals surface area contributed by atoms with Gasteiger partial charge in [-0.1, -0.05) is 30.3 Å². The maximum Gasteiger partial charge on any atom is -0.00992 e. The molecule has 11 heavy (non-hydrogen) atoms. The molecule has 1 heteroatoms. The van der Waals surface area contributed by atoms with Gasteiger partial charge in [0.15, 0.2) is 0 Å². The Morgan fingerprint density at radius 2 is 1.82 bits per heavy atom. The predicted molar refractivity (Wildman–Crippen MR) is 48.0 cm³/mol. The van der Waals surface area contributed by atoms with Crippen LogP contribution < -0.4 is 6.15 Å². The topological polar surface area (TPSA) is 35.0 Å². The second-order valence-electron chi connectivity index (χ2n) is 2.74. The van der Waals surface area contributed by atoms with Gasteiger partial charge in [-0.05, 0) is 28.0 Å². The molecule has 2 aromatic carbocycles. The minimum absolute atomic E-state index is 0. The van der Waals surface area contributed by atoms with E-state index in [9.17, 15) is 0 Å². The first-order valence-corrected chi connectivity index (χ1v) is 3.48. The zero-order chi connectivity index (χ0) is 6.55. The van der Waals surface area contributed by atoms with E-state index in [1.165, 1.54) is 21.9 Å². The lowest BCUT2D eigenvalue weighted by Crippen LogP contribution is -1.89. The Kier molecular flexibility index (Phi) is 1.06. The van der Waals surface area contributed by atoms with E-state index in [0.717, 1.165) is 0 Å². The molecule has 1 aliphatic rings. The predicted octanol–water partition coefficient (Wildman–Crippen LogP) is 2.98. The van der Waals surface area contributed by atoms with Gasteiger partial charge >= 0.3 is 0 Å². The average molecular weight is 143 g/mol. The third kappa shape index (κ3) is 0.583. The Morgan fingerprint density at radius 3 is 2.45 bits per heavy atom. The summed E-state index contributed by atoms with van der Waals surface area (Å²) in [4.78, 5) is 0. The molecule has 0 heterocycles. The maximum absolute atomic E-state index is 2.24. The zero-order valence-corrected chi connectivity index (χ0v) is 6.17. The highest BCUT2D eigenvalue weighted by Crippen LogP contribution is 2.38. The standard InChI is InChI=1S/C10H6.H3N/c1-2-7-4-5-8-6-10(7)9(8)3-1;/h1-6H;1H3. The highest BCUT2D eigenvalue weighted by atomic mass is 14.1. The van der Waals surface area contributed by atoms with E-state index in [-0.39, 0.29) is 6.15 Å². The highest BCUT2D eigenvalue weighted by Gasteiger charge is 2.11. The van der Waals surface area contributed by atoms with Gasteiger partial charge in [-0.3, -0.25) is 0 Å². The van der Waals surface area contributed by atoms with Crippen molar-refractivity contribution in [3.8, 4) is 11.1 Å². The molecule has 3 N–H and O–H groups in total. The second kappa shape index (κ2) is 1.83. The third-order valence-electron chi connectivity index (χ3n) is 2.19. The normalized spacial score (nSPS) is 10.9. The van der Waals surface area contributed by atoms with Crippen LogP contribution in [-0.4, -0.2) is 0 Å². The van der Waals surface area contributed by atoms with E-state index in [0.29, 0.717) is 0 Å². The van der Waals surface area contributed by atoms with Gasteiger partial charge in [0.05, 0.1) is 0 Å². The quantitative estimate of drug-likeness (QED) is 0.515. The van der Waals surface area contributed by atoms with E-state index < -0.39 is 0 Å². The van der Waals surface area contributed by atoms with Gasteiger partial charge in [0.2, 0.25) is 0 Å². The van der Waals surface area contributed by atoms with E-state index in [4.69, 9.17) is 0 Å². The molecule has 2 aromatic rings. The van der Waals surface area contributed by atoms with Gasteiger partial charge in [0.1, 0.15) is 0 Å². The molecule has 0 fully saturated rings. The number of hydrogen-bond acceptors (Lipinski definition) is 1. The molecule has 0 saturated carbocycles. The van der Waals surface area contributed by atoms with Crippen LogP contribution in [0.15, 0.2) is 36.4 Å². The molecule has 0 amide bonds. The van der Waals surface area contributed by atoms with Crippen molar-refractivity contribution in [3.05, 3.63) is 36.4 Å². The van der Waals surface area contributed by atoms with Crippen molar-refractivity contribution in [3.63, 3.8) is 0 Å². The Hall–Kier alpha value is -1.34. The first kappa shape index (κ1) is 6.38. The van der Waals surface area contributed by atoms with Crippen molar-refractivity contribution in [2.24, 2.45) is 0 Å². The van der Waals surface area contributed by atoms with E-state index in [2.05, 4.69) is 36.4 Å². The van der Waals surface area contributed by atoms with Crippen molar-refractivity contribution in [1.29, 1.82) is 0 Å². The average Bonchev–Trinajstić information content (AvgIpc) is 1.96. The Bertz CT molecular complexity index is 406. The molecule has 2 bridgehead atoms. The number of fused-ring (bicyclic) bond motifs is 2. The first-order chi connectivity index (χ1) is 4.95. The van der Waals surface area contributed by atoms with Crippen LogP contribution >= 0.6 is 0 Å². The number of hydrogen-bond donors (Lipinski definition) is 1. The van der Waals surface area contributed by atoms with Gasteiger partial charge in [-0.15, -0.1) is 0 Å². The molecule has 3 rings (SSSR count). The van der Waals surface area contributed by atoms with Crippen molar-refractivity contribution < 1.29 is 0 Å². The number of benzene rings is 3.